The number of hydrogen-bond donors (Lipinski definition) is 1. The molecule has 0 aliphatic heterocycles. The minimum atomic E-state index is -4.55. The van der Waals surface area contributed by atoms with E-state index in [9.17, 15) is 22.6 Å². The summed E-state index contributed by atoms with van der Waals surface area (Å²) in [6.07, 6.45) is 2.48. The summed E-state index contributed by atoms with van der Waals surface area (Å²) in [6.45, 7) is 3.64. The first-order valence-electron chi connectivity index (χ1n) is 8.75. The molecule has 27 heavy (non-hydrogen) atoms. The van der Waals surface area contributed by atoms with E-state index in [1.165, 1.54) is 24.0 Å². The molecule has 0 aromatic heterocycles. The summed E-state index contributed by atoms with van der Waals surface area (Å²) in [5.41, 5.74) is 0.705. The number of rotatable bonds is 8. The third-order valence-corrected chi connectivity index (χ3v) is 5.09. The number of benzene rings is 2. The molecule has 0 saturated heterocycles. The van der Waals surface area contributed by atoms with E-state index in [0.29, 0.717) is 18.5 Å². The summed E-state index contributed by atoms with van der Waals surface area (Å²) in [6, 6.07) is 12.4. The molecule has 0 heterocycles. The van der Waals surface area contributed by atoms with Crippen LogP contribution < -0.4 is 4.90 Å². The summed E-state index contributed by atoms with van der Waals surface area (Å²) >= 11 is 0. The SMILES string of the molecule is CCCCCN(C(C)=O)c1cc(C(=O)c2ccccc2)ccc1S(=O)(=O)O. The van der Waals surface area contributed by atoms with Gasteiger partial charge in [-0.15, -0.1) is 0 Å². The Hall–Kier alpha value is -2.51. The zero-order chi connectivity index (χ0) is 20.0. The second-order valence-corrected chi connectivity index (χ2v) is 7.62. The van der Waals surface area contributed by atoms with Crippen LogP contribution in [0.15, 0.2) is 53.4 Å². The topological polar surface area (TPSA) is 91.8 Å². The largest absolute Gasteiger partial charge is 0.311 e. The third kappa shape index (κ3) is 5.24. The van der Waals surface area contributed by atoms with Crippen molar-refractivity contribution < 1.29 is 22.6 Å². The van der Waals surface area contributed by atoms with Gasteiger partial charge in [0.05, 0.1) is 5.69 Å². The van der Waals surface area contributed by atoms with Crippen LogP contribution in [0.25, 0.3) is 0 Å². The molecule has 7 heteroatoms. The fourth-order valence-corrected chi connectivity index (χ4v) is 3.48. The Morgan fingerprint density at radius 3 is 2.22 bits per heavy atom. The third-order valence-electron chi connectivity index (χ3n) is 4.19. The highest BCUT2D eigenvalue weighted by molar-refractivity contribution is 7.86. The van der Waals surface area contributed by atoms with Gasteiger partial charge in [0.25, 0.3) is 10.1 Å². The Labute approximate surface area is 159 Å². The number of anilines is 1. The van der Waals surface area contributed by atoms with Gasteiger partial charge >= 0.3 is 0 Å². The minimum Gasteiger partial charge on any atom is -0.311 e. The van der Waals surface area contributed by atoms with Crippen molar-refractivity contribution in [1.82, 2.24) is 0 Å². The quantitative estimate of drug-likeness (QED) is 0.422. The van der Waals surface area contributed by atoms with Crippen LogP contribution in [0.4, 0.5) is 5.69 Å². The average Bonchev–Trinajstić information content (AvgIpc) is 2.64. The van der Waals surface area contributed by atoms with Crippen LogP contribution >= 0.6 is 0 Å². The Morgan fingerprint density at radius 1 is 1.00 bits per heavy atom. The molecular weight excluding hydrogens is 366 g/mol. The normalized spacial score (nSPS) is 11.2. The highest BCUT2D eigenvalue weighted by atomic mass is 32.2. The van der Waals surface area contributed by atoms with E-state index >= 15 is 0 Å². The van der Waals surface area contributed by atoms with Gasteiger partial charge in [0.2, 0.25) is 5.91 Å². The molecule has 0 radical (unpaired) electrons. The number of carbonyl (C=O) groups excluding carboxylic acids is 2. The molecule has 2 aromatic rings. The summed E-state index contributed by atoms with van der Waals surface area (Å²) in [7, 11) is -4.55. The van der Waals surface area contributed by atoms with Gasteiger partial charge in [-0.05, 0) is 24.6 Å². The number of hydrogen-bond acceptors (Lipinski definition) is 4. The summed E-state index contributed by atoms with van der Waals surface area (Å²) in [4.78, 5) is 25.7. The predicted molar refractivity (Wildman–Crippen MR) is 104 cm³/mol. The number of unbranched alkanes of at least 4 members (excludes halogenated alkanes) is 2. The molecule has 0 atom stereocenters. The van der Waals surface area contributed by atoms with Crippen molar-refractivity contribution >= 4 is 27.5 Å². The van der Waals surface area contributed by atoms with Crippen molar-refractivity contribution in [3.63, 3.8) is 0 Å². The molecule has 0 saturated carbocycles. The maximum absolute atomic E-state index is 12.7. The van der Waals surface area contributed by atoms with Gasteiger partial charge in [-0.25, -0.2) is 0 Å². The molecule has 2 aromatic carbocycles. The maximum atomic E-state index is 12.7. The zero-order valence-corrected chi connectivity index (χ0v) is 16.2. The van der Waals surface area contributed by atoms with Crippen molar-refractivity contribution in [2.45, 2.75) is 38.0 Å². The van der Waals surface area contributed by atoms with E-state index in [2.05, 4.69) is 0 Å². The van der Waals surface area contributed by atoms with E-state index in [1.807, 2.05) is 6.92 Å². The first kappa shape index (κ1) is 20.8. The molecule has 144 valence electrons. The van der Waals surface area contributed by atoms with E-state index in [4.69, 9.17) is 0 Å². The fraction of sp³-hybridized carbons (Fsp3) is 0.300. The molecule has 0 aliphatic rings. The number of amides is 1. The molecule has 1 amide bonds. The fourth-order valence-electron chi connectivity index (χ4n) is 2.81. The van der Waals surface area contributed by atoms with Gasteiger partial charge < -0.3 is 4.90 Å². The van der Waals surface area contributed by atoms with Crippen LogP contribution in [-0.2, 0) is 14.9 Å². The molecule has 0 bridgehead atoms. The van der Waals surface area contributed by atoms with E-state index in [0.717, 1.165) is 18.9 Å². The number of nitrogens with zero attached hydrogens (tertiary/aromatic N) is 1. The number of ketones is 1. The van der Waals surface area contributed by atoms with Crippen LogP contribution in [0.2, 0.25) is 0 Å². The molecule has 0 aliphatic carbocycles. The summed E-state index contributed by atoms with van der Waals surface area (Å²) < 4.78 is 33.2. The lowest BCUT2D eigenvalue weighted by Gasteiger charge is -2.23. The smallest absolute Gasteiger partial charge is 0.296 e. The summed E-state index contributed by atoms with van der Waals surface area (Å²) in [5.74, 6) is -0.656. The van der Waals surface area contributed by atoms with E-state index < -0.39 is 10.1 Å². The van der Waals surface area contributed by atoms with Gasteiger partial charge in [-0.1, -0.05) is 50.1 Å². The van der Waals surface area contributed by atoms with Crippen LogP contribution in [0, 0.1) is 0 Å². The Balaban J connectivity index is 2.54. The molecule has 0 unspecified atom stereocenters. The number of carbonyl (C=O) groups is 2. The summed E-state index contributed by atoms with van der Waals surface area (Å²) in [5, 5.41) is 0. The monoisotopic (exact) mass is 389 g/mol. The second kappa shape index (κ2) is 8.92. The second-order valence-electron chi connectivity index (χ2n) is 6.23. The van der Waals surface area contributed by atoms with Crippen molar-refractivity contribution in [2.24, 2.45) is 0 Å². The molecule has 6 nitrogen and oxygen atoms in total. The molecule has 0 fully saturated rings. The van der Waals surface area contributed by atoms with Gasteiger partial charge in [-0.2, -0.15) is 8.42 Å². The molecule has 2 rings (SSSR count). The minimum absolute atomic E-state index is 0.0166. The van der Waals surface area contributed by atoms with Crippen molar-refractivity contribution in [3.8, 4) is 0 Å². The zero-order valence-electron chi connectivity index (χ0n) is 15.4. The lowest BCUT2D eigenvalue weighted by molar-refractivity contribution is -0.116. The first-order valence-corrected chi connectivity index (χ1v) is 10.2. The van der Waals surface area contributed by atoms with Crippen LogP contribution in [0.3, 0.4) is 0 Å². The molecule has 1 N–H and O–H groups in total. The molecule has 0 spiro atoms. The van der Waals surface area contributed by atoms with Gasteiger partial charge in [-0.3, -0.25) is 14.1 Å². The lowest BCUT2D eigenvalue weighted by Crippen LogP contribution is -2.31. The van der Waals surface area contributed by atoms with Crippen LogP contribution in [-0.4, -0.2) is 31.2 Å². The Bertz CT molecular complexity index is 923. The van der Waals surface area contributed by atoms with Crippen LogP contribution in [0.5, 0.6) is 0 Å². The van der Waals surface area contributed by atoms with Gasteiger partial charge in [0.1, 0.15) is 4.90 Å². The van der Waals surface area contributed by atoms with Crippen molar-refractivity contribution in [3.05, 3.63) is 59.7 Å². The van der Waals surface area contributed by atoms with Crippen LogP contribution in [0.1, 0.15) is 49.0 Å². The maximum Gasteiger partial charge on any atom is 0.296 e. The predicted octanol–water partition coefficient (Wildman–Crippen LogP) is 3.71. The molecular formula is C20H23NO5S. The van der Waals surface area contributed by atoms with Gasteiger partial charge in [0, 0.05) is 24.6 Å². The van der Waals surface area contributed by atoms with Crippen molar-refractivity contribution in [1.29, 1.82) is 0 Å². The Kier molecular flexibility index (Phi) is 6.87. The highest BCUT2D eigenvalue weighted by Gasteiger charge is 2.24. The standard InChI is InChI=1S/C20H23NO5S/c1-3-4-8-13-21(15(2)22)18-14-17(11-12-19(18)27(24,25)26)20(23)16-9-6-5-7-10-16/h5-7,9-12,14H,3-4,8,13H2,1-2H3,(H,24,25,26). The Morgan fingerprint density at radius 2 is 1.67 bits per heavy atom. The first-order chi connectivity index (χ1) is 12.8. The lowest BCUT2D eigenvalue weighted by atomic mass is 10.0. The average molecular weight is 389 g/mol. The highest BCUT2D eigenvalue weighted by Crippen LogP contribution is 2.28. The van der Waals surface area contributed by atoms with E-state index in [1.54, 1.807) is 30.3 Å². The van der Waals surface area contributed by atoms with Gasteiger partial charge in [0.15, 0.2) is 5.78 Å². The van der Waals surface area contributed by atoms with Crippen molar-refractivity contribution in [2.75, 3.05) is 11.4 Å². The van der Waals surface area contributed by atoms with E-state index in [-0.39, 0.29) is 27.8 Å².